The summed E-state index contributed by atoms with van der Waals surface area (Å²) in [5, 5.41) is 20.2. The molecule has 2 heterocycles. The highest BCUT2D eigenvalue weighted by atomic mass is 32.2. The molecule has 1 aliphatic carbocycles. The number of sulfonamides is 1. The van der Waals surface area contributed by atoms with Gasteiger partial charge in [0, 0.05) is 19.6 Å². The van der Waals surface area contributed by atoms with Crippen molar-refractivity contribution in [3.8, 4) is 16.9 Å². The lowest BCUT2D eigenvalue weighted by Gasteiger charge is -2.38. The smallest absolute Gasteiger partial charge is 0.246 e. The highest BCUT2D eigenvalue weighted by Crippen LogP contribution is 2.47. The van der Waals surface area contributed by atoms with Crippen molar-refractivity contribution in [3.05, 3.63) is 78.1 Å². The van der Waals surface area contributed by atoms with Crippen molar-refractivity contribution in [2.45, 2.75) is 77.7 Å². The number of ether oxygens (including phenoxy) is 2. The van der Waals surface area contributed by atoms with Crippen LogP contribution in [-0.2, 0) is 31.1 Å². The van der Waals surface area contributed by atoms with E-state index < -0.39 is 48.7 Å². The molecule has 3 aromatic carbocycles. The molecule has 6 rings (SSSR count). The van der Waals surface area contributed by atoms with Crippen LogP contribution in [0.15, 0.2) is 76.5 Å². The summed E-state index contributed by atoms with van der Waals surface area (Å²) >= 11 is 0. The minimum absolute atomic E-state index is 0.00302. The van der Waals surface area contributed by atoms with Crippen molar-refractivity contribution < 1.29 is 40.9 Å². The highest BCUT2D eigenvalue weighted by molar-refractivity contribution is 7.93. The molecule has 10 nitrogen and oxygen atoms in total. The quantitative estimate of drug-likeness (QED) is 0.239. The lowest BCUT2D eigenvalue weighted by Crippen LogP contribution is -2.46. The molecule has 2 aliphatic heterocycles. The first-order valence-electron chi connectivity index (χ1n) is 16.4. The molecule has 4 N–H and O–H groups in total. The second-order valence-electron chi connectivity index (χ2n) is 13.4. The monoisotopic (exact) mass is 702 g/mol. The van der Waals surface area contributed by atoms with Crippen LogP contribution in [0.3, 0.4) is 0 Å². The van der Waals surface area contributed by atoms with Crippen molar-refractivity contribution in [1.29, 1.82) is 0 Å². The van der Waals surface area contributed by atoms with Crippen molar-refractivity contribution in [1.82, 2.24) is 4.31 Å². The Morgan fingerprint density at radius 2 is 1.69 bits per heavy atom. The average Bonchev–Trinajstić information content (AvgIpc) is 3.83. The normalized spacial score (nSPS) is 21.3. The van der Waals surface area contributed by atoms with Gasteiger partial charge in [-0.2, -0.15) is 4.31 Å². The summed E-state index contributed by atoms with van der Waals surface area (Å²) in [5.41, 5.74) is 7.54. The van der Waals surface area contributed by atoms with Crippen molar-refractivity contribution >= 4 is 19.9 Å². The summed E-state index contributed by atoms with van der Waals surface area (Å²) in [6, 6.07) is 17.7. The number of rotatable bonds is 13. The topological polar surface area (TPSA) is 156 Å². The van der Waals surface area contributed by atoms with E-state index in [1.54, 1.807) is 18.2 Å². The molecule has 3 aliphatic rings. The standard InChI is InChI=1S/C35H43FN2O8S2/c36-32-11-9-28(27-7-4-25(21-37)5-8-27)18-33(32)48(43,44)38-16-14-34(15-17-38)20-26(22-46-34)6-10-29(40)23-45-30-2-1-3-31(19-30)47(41,42)35(24-39)12-13-35/h1-5,7-9,11,18-19,26,29,39-40H,6,10,12-17,20-24,37H2/t26-,29+/m1/s1. The summed E-state index contributed by atoms with van der Waals surface area (Å²) in [4.78, 5) is -0.244. The second kappa shape index (κ2) is 13.8. The molecular formula is C35H43FN2O8S2. The van der Waals surface area contributed by atoms with Crippen LogP contribution in [-0.4, -0.2) is 80.7 Å². The number of nitrogens with zero attached hydrogens (tertiary/aromatic N) is 1. The van der Waals surface area contributed by atoms with Crippen LogP contribution in [0.5, 0.6) is 5.75 Å². The minimum atomic E-state index is -4.07. The van der Waals surface area contributed by atoms with Crippen LogP contribution < -0.4 is 10.5 Å². The Morgan fingerprint density at radius 3 is 2.35 bits per heavy atom. The molecule has 1 saturated carbocycles. The predicted octanol–water partition coefficient (Wildman–Crippen LogP) is 4.03. The predicted molar refractivity (Wildman–Crippen MR) is 178 cm³/mol. The summed E-state index contributed by atoms with van der Waals surface area (Å²) in [6.07, 6.45) is 2.96. The maximum atomic E-state index is 14.9. The van der Waals surface area contributed by atoms with Gasteiger partial charge in [0.05, 0.1) is 34.6 Å². The molecule has 0 radical (unpaired) electrons. The van der Waals surface area contributed by atoms with E-state index in [1.165, 1.54) is 28.6 Å². The van der Waals surface area contributed by atoms with Gasteiger partial charge in [-0.15, -0.1) is 0 Å². The van der Waals surface area contributed by atoms with E-state index in [9.17, 15) is 31.4 Å². The molecule has 2 saturated heterocycles. The molecular weight excluding hydrogens is 660 g/mol. The molecule has 0 unspecified atom stereocenters. The number of benzene rings is 3. The molecule has 0 aromatic heterocycles. The number of nitrogens with two attached hydrogens (primary N) is 1. The lowest BCUT2D eigenvalue weighted by molar-refractivity contribution is -0.0314. The summed E-state index contributed by atoms with van der Waals surface area (Å²) in [5.74, 6) is -0.269. The Bertz CT molecular complexity index is 1820. The first-order valence-corrected chi connectivity index (χ1v) is 19.3. The summed E-state index contributed by atoms with van der Waals surface area (Å²) in [6.45, 7) is 0.915. The van der Waals surface area contributed by atoms with E-state index in [0.717, 1.165) is 17.5 Å². The van der Waals surface area contributed by atoms with Gasteiger partial charge < -0.3 is 25.4 Å². The first kappa shape index (κ1) is 34.9. The van der Waals surface area contributed by atoms with Crippen LogP contribution >= 0.6 is 0 Å². The molecule has 260 valence electrons. The van der Waals surface area contributed by atoms with E-state index in [2.05, 4.69) is 0 Å². The Balaban J connectivity index is 0.990. The summed E-state index contributed by atoms with van der Waals surface area (Å²) < 4.78 is 80.1. The van der Waals surface area contributed by atoms with Crippen LogP contribution in [0.4, 0.5) is 4.39 Å². The highest BCUT2D eigenvalue weighted by Gasteiger charge is 2.54. The van der Waals surface area contributed by atoms with Gasteiger partial charge in [0.15, 0.2) is 9.84 Å². The Hall–Kier alpha value is -2.91. The van der Waals surface area contributed by atoms with Crippen molar-refractivity contribution in [2.24, 2.45) is 11.7 Å². The number of piperidine rings is 1. The van der Waals surface area contributed by atoms with Crippen LogP contribution in [0.1, 0.15) is 50.5 Å². The van der Waals surface area contributed by atoms with Crippen LogP contribution in [0.25, 0.3) is 11.1 Å². The zero-order chi connectivity index (χ0) is 34.2. The Morgan fingerprint density at radius 1 is 0.979 bits per heavy atom. The molecule has 0 amide bonds. The van der Waals surface area contributed by atoms with E-state index in [-0.39, 0.29) is 35.4 Å². The van der Waals surface area contributed by atoms with Crippen LogP contribution in [0.2, 0.25) is 0 Å². The van der Waals surface area contributed by atoms with Crippen molar-refractivity contribution in [3.63, 3.8) is 0 Å². The Kier molecular flexibility index (Phi) is 10.0. The largest absolute Gasteiger partial charge is 0.491 e. The fourth-order valence-corrected chi connectivity index (χ4v) is 10.2. The minimum Gasteiger partial charge on any atom is -0.491 e. The SMILES string of the molecule is NCc1ccc(-c2ccc(F)c(S(=O)(=O)N3CCC4(CC3)C[C@@H](CC[C@H](O)COc3cccc(S(=O)(=O)C5(CO)CC5)c3)CO4)c2)cc1. The zero-order valence-corrected chi connectivity index (χ0v) is 28.4. The van der Waals surface area contributed by atoms with Crippen molar-refractivity contribution in [2.75, 3.05) is 32.9 Å². The molecule has 0 bridgehead atoms. The molecule has 48 heavy (non-hydrogen) atoms. The van der Waals surface area contributed by atoms with E-state index in [1.807, 2.05) is 24.3 Å². The number of hydrogen-bond donors (Lipinski definition) is 3. The van der Waals surface area contributed by atoms with Gasteiger partial charge in [-0.25, -0.2) is 21.2 Å². The second-order valence-corrected chi connectivity index (χ2v) is 17.6. The average molecular weight is 703 g/mol. The number of aliphatic hydroxyl groups is 2. The van der Waals surface area contributed by atoms with Crippen LogP contribution in [0, 0.1) is 11.7 Å². The maximum absolute atomic E-state index is 14.9. The third-order valence-electron chi connectivity index (χ3n) is 10.1. The third-order valence-corrected chi connectivity index (χ3v) is 14.6. The van der Waals surface area contributed by atoms with Gasteiger partial charge in [-0.1, -0.05) is 36.4 Å². The molecule has 13 heteroatoms. The molecule has 2 atom stereocenters. The van der Waals surface area contributed by atoms with E-state index in [4.69, 9.17) is 15.2 Å². The number of aliphatic hydroxyl groups excluding tert-OH is 2. The summed E-state index contributed by atoms with van der Waals surface area (Å²) in [7, 11) is -7.75. The fraction of sp³-hybridized carbons (Fsp3) is 0.486. The zero-order valence-electron chi connectivity index (χ0n) is 26.8. The van der Waals surface area contributed by atoms with Gasteiger partial charge in [0.2, 0.25) is 10.0 Å². The lowest BCUT2D eigenvalue weighted by atomic mass is 9.84. The maximum Gasteiger partial charge on any atom is 0.246 e. The molecule has 3 aromatic rings. The third kappa shape index (κ3) is 7.05. The van der Waals surface area contributed by atoms with Gasteiger partial charge in [0.25, 0.3) is 0 Å². The Labute approximate surface area is 281 Å². The number of hydrogen-bond acceptors (Lipinski definition) is 9. The molecule has 1 spiro atoms. The fourth-order valence-electron chi connectivity index (χ4n) is 6.80. The first-order chi connectivity index (χ1) is 22.9. The van der Waals surface area contributed by atoms with Gasteiger partial charge in [-0.05, 0) is 97.9 Å². The number of sulfone groups is 1. The number of halogens is 1. The van der Waals surface area contributed by atoms with Gasteiger partial charge in [0.1, 0.15) is 23.1 Å². The molecule has 3 fully saturated rings. The van der Waals surface area contributed by atoms with Gasteiger partial charge in [-0.3, -0.25) is 0 Å². The van der Waals surface area contributed by atoms with Gasteiger partial charge >= 0.3 is 0 Å². The van der Waals surface area contributed by atoms with E-state index >= 15 is 0 Å². The van der Waals surface area contributed by atoms with E-state index in [0.29, 0.717) is 63.0 Å².